The first kappa shape index (κ1) is 11.9. The summed E-state index contributed by atoms with van der Waals surface area (Å²) in [5.74, 6) is 1.25. The Bertz CT molecular complexity index is 538. The van der Waals surface area contributed by atoms with E-state index in [1.54, 1.807) is 6.26 Å². The van der Waals surface area contributed by atoms with Gasteiger partial charge in [0.15, 0.2) is 0 Å². The Morgan fingerprint density at radius 3 is 2.65 bits per heavy atom. The summed E-state index contributed by atoms with van der Waals surface area (Å²) < 4.78 is 5.29. The highest BCUT2D eigenvalue weighted by Crippen LogP contribution is 2.29. The van der Waals surface area contributed by atoms with Crippen LogP contribution in [0.25, 0.3) is 0 Å². The minimum absolute atomic E-state index is 0.516. The third kappa shape index (κ3) is 2.58. The Labute approximate surface area is 104 Å². The molecule has 0 atom stereocenters. The number of hydrogen-bond acceptors (Lipinski definition) is 6. The third-order valence-electron chi connectivity index (χ3n) is 2.28. The quantitative estimate of drug-likeness (QED) is 0.843. The van der Waals surface area contributed by atoms with Crippen LogP contribution in [-0.2, 0) is 6.42 Å². The number of aromatic nitrogens is 3. The van der Waals surface area contributed by atoms with Crippen molar-refractivity contribution < 1.29 is 4.42 Å². The Kier molecular flexibility index (Phi) is 3.33. The highest BCUT2D eigenvalue weighted by Gasteiger charge is 2.12. The van der Waals surface area contributed by atoms with Gasteiger partial charge in [0.2, 0.25) is 0 Å². The van der Waals surface area contributed by atoms with Crippen LogP contribution < -0.4 is 5.73 Å². The van der Waals surface area contributed by atoms with Crippen molar-refractivity contribution in [2.45, 2.75) is 37.4 Å². The van der Waals surface area contributed by atoms with E-state index in [0.717, 1.165) is 28.5 Å². The Balaban J connectivity index is 2.34. The molecule has 2 heterocycles. The lowest BCUT2D eigenvalue weighted by Crippen LogP contribution is -2.03. The van der Waals surface area contributed by atoms with Crippen molar-refractivity contribution >= 4 is 17.6 Å². The van der Waals surface area contributed by atoms with Gasteiger partial charge in [0, 0.05) is 12.0 Å². The fourth-order valence-corrected chi connectivity index (χ4v) is 2.14. The number of rotatable bonds is 3. The molecule has 0 radical (unpaired) electrons. The molecule has 0 saturated carbocycles. The lowest BCUT2D eigenvalue weighted by atomic mass is 10.3. The van der Waals surface area contributed by atoms with Crippen LogP contribution in [0.15, 0.2) is 20.9 Å². The van der Waals surface area contributed by atoms with Crippen LogP contribution in [0.4, 0.5) is 5.82 Å². The molecule has 2 rings (SSSR count). The minimum Gasteiger partial charge on any atom is -0.439 e. The standard InChI is InChI=1S/C11H14N4OS/c1-4-8-14-9(12)7(3)10(15-8)17-11-13-6(2)5-16-11/h5H,4H2,1-3H3,(H2,12,14,15). The number of anilines is 1. The van der Waals surface area contributed by atoms with E-state index in [9.17, 15) is 0 Å². The topological polar surface area (TPSA) is 77.8 Å². The van der Waals surface area contributed by atoms with E-state index in [4.69, 9.17) is 10.2 Å². The molecule has 0 amide bonds. The highest BCUT2D eigenvalue weighted by atomic mass is 32.2. The molecule has 2 N–H and O–H groups in total. The predicted octanol–water partition coefficient (Wildman–Crippen LogP) is 2.38. The lowest BCUT2D eigenvalue weighted by Gasteiger charge is -2.06. The molecule has 0 aliphatic rings. The molecule has 0 aliphatic heterocycles. The van der Waals surface area contributed by atoms with Crippen LogP contribution in [0.3, 0.4) is 0 Å². The molecule has 0 spiro atoms. The lowest BCUT2D eigenvalue weighted by molar-refractivity contribution is 0.453. The van der Waals surface area contributed by atoms with Gasteiger partial charge in [-0.1, -0.05) is 6.92 Å². The first-order chi connectivity index (χ1) is 8.10. The van der Waals surface area contributed by atoms with Gasteiger partial charge in [-0.05, 0) is 25.6 Å². The van der Waals surface area contributed by atoms with Crippen LogP contribution in [0, 0.1) is 13.8 Å². The Morgan fingerprint density at radius 2 is 2.06 bits per heavy atom. The summed E-state index contributed by atoms with van der Waals surface area (Å²) in [6, 6.07) is 0. The molecule has 0 unspecified atom stereocenters. The van der Waals surface area contributed by atoms with Crippen molar-refractivity contribution in [1.29, 1.82) is 0 Å². The van der Waals surface area contributed by atoms with Crippen molar-refractivity contribution in [2.75, 3.05) is 5.73 Å². The highest BCUT2D eigenvalue weighted by molar-refractivity contribution is 7.99. The monoisotopic (exact) mass is 250 g/mol. The summed E-state index contributed by atoms with van der Waals surface area (Å²) in [4.78, 5) is 12.9. The number of oxazole rings is 1. The van der Waals surface area contributed by atoms with Crippen LogP contribution in [0.2, 0.25) is 0 Å². The molecule has 2 aromatic rings. The molecule has 0 bridgehead atoms. The second-order valence-electron chi connectivity index (χ2n) is 3.67. The van der Waals surface area contributed by atoms with E-state index in [0.29, 0.717) is 11.0 Å². The normalized spacial score (nSPS) is 10.8. The Morgan fingerprint density at radius 1 is 1.29 bits per heavy atom. The van der Waals surface area contributed by atoms with E-state index in [-0.39, 0.29) is 0 Å². The fraction of sp³-hybridized carbons (Fsp3) is 0.364. The molecule has 2 aromatic heterocycles. The maximum Gasteiger partial charge on any atom is 0.262 e. The van der Waals surface area contributed by atoms with Crippen molar-refractivity contribution in [3.63, 3.8) is 0 Å². The van der Waals surface area contributed by atoms with Crippen LogP contribution >= 0.6 is 11.8 Å². The molecular weight excluding hydrogens is 236 g/mol. The summed E-state index contributed by atoms with van der Waals surface area (Å²) in [5, 5.41) is 1.38. The number of nitrogens with two attached hydrogens (primary N) is 1. The summed E-state index contributed by atoms with van der Waals surface area (Å²) in [6.45, 7) is 5.77. The van der Waals surface area contributed by atoms with E-state index < -0.39 is 0 Å². The molecule has 0 aromatic carbocycles. The zero-order valence-electron chi connectivity index (χ0n) is 10.0. The Hall–Kier alpha value is -1.56. The molecule has 6 heteroatoms. The third-order valence-corrected chi connectivity index (χ3v) is 3.24. The van der Waals surface area contributed by atoms with Gasteiger partial charge in [-0.15, -0.1) is 0 Å². The minimum atomic E-state index is 0.516. The van der Waals surface area contributed by atoms with E-state index >= 15 is 0 Å². The molecule has 90 valence electrons. The summed E-state index contributed by atoms with van der Waals surface area (Å²) in [6.07, 6.45) is 2.37. The smallest absolute Gasteiger partial charge is 0.262 e. The second kappa shape index (κ2) is 4.75. The molecule has 17 heavy (non-hydrogen) atoms. The van der Waals surface area contributed by atoms with Crippen molar-refractivity contribution in [3.8, 4) is 0 Å². The molecule has 5 nitrogen and oxygen atoms in total. The molecule has 0 aliphatic carbocycles. The van der Waals surface area contributed by atoms with Crippen LogP contribution in [0.1, 0.15) is 24.0 Å². The van der Waals surface area contributed by atoms with Crippen molar-refractivity contribution in [3.05, 3.63) is 23.3 Å². The van der Waals surface area contributed by atoms with Gasteiger partial charge in [0.25, 0.3) is 5.22 Å². The second-order valence-corrected chi connectivity index (χ2v) is 4.61. The SMILES string of the molecule is CCc1nc(N)c(C)c(Sc2nc(C)co2)n1. The number of nitrogens with zero attached hydrogens (tertiary/aromatic N) is 3. The number of hydrogen-bond donors (Lipinski definition) is 1. The first-order valence-corrected chi connectivity index (χ1v) is 6.14. The maximum absolute atomic E-state index is 5.84. The van der Waals surface area contributed by atoms with Gasteiger partial charge in [0.1, 0.15) is 22.9 Å². The summed E-state index contributed by atoms with van der Waals surface area (Å²) >= 11 is 1.37. The largest absolute Gasteiger partial charge is 0.439 e. The van der Waals surface area contributed by atoms with Crippen LogP contribution in [-0.4, -0.2) is 15.0 Å². The maximum atomic E-state index is 5.84. The summed E-state index contributed by atoms with van der Waals surface area (Å²) in [5.41, 5.74) is 7.55. The number of nitrogen functional groups attached to an aromatic ring is 1. The van der Waals surface area contributed by atoms with E-state index in [2.05, 4.69) is 15.0 Å². The van der Waals surface area contributed by atoms with Gasteiger partial charge in [-0.3, -0.25) is 0 Å². The molecule has 0 saturated heterocycles. The van der Waals surface area contributed by atoms with Gasteiger partial charge < -0.3 is 10.2 Å². The average molecular weight is 250 g/mol. The van der Waals surface area contributed by atoms with Crippen molar-refractivity contribution in [2.24, 2.45) is 0 Å². The van der Waals surface area contributed by atoms with E-state index in [1.165, 1.54) is 11.8 Å². The zero-order valence-corrected chi connectivity index (χ0v) is 10.8. The predicted molar refractivity (Wildman–Crippen MR) is 65.9 cm³/mol. The average Bonchev–Trinajstić information content (AvgIpc) is 2.70. The van der Waals surface area contributed by atoms with Gasteiger partial charge >= 0.3 is 0 Å². The van der Waals surface area contributed by atoms with E-state index in [1.807, 2.05) is 20.8 Å². The molecular formula is C11H14N4OS. The van der Waals surface area contributed by atoms with Crippen LogP contribution in [0.5, 0.6) is 0 Å². The van der Waals surface area contributed by atoms with Gasteiger partial charge in [-0.25, -0.2) is 15.0 Å². The summed E-state index contributed by atoms with van der Waals surface area (Å²) in [7, 11) is 0. The molecule has 0 fully saturated rings. The van der Waals surface area contributed by atoms with Crippen molar-refractivity contribution in [1.82, 2.24) is 15.0 Å². The van der Waals surface area contributed by atoms with Gasteiger partial charge in [0.05, 0.1) is 5.69 Å². The fourth-order valence-electron chi connectivity index (χ4n) is 1.28. The first-order valence-electron chi connectivity index (χ1n) is 5.33. The zero-order chi connectivity index (χ0) is 12.4. The number of aryl methyl sites for hydroxylation is 2. The van der Waals surface area contributed by atoms with Gasteiger partial charge in [-0.2, -0.15) is 0 Å².